The predicted octanol–water partition coefficient (Wildman–Crippen LogP) is 6.54. The van der Waals surface area contributed by atoms with E-state index < -0.39 is 11.7 Å². The molecule has 1 atom stereocenters. The van der Waals surface area contributed by atoms with Gasteiger partial charge in [0.1, 0.15) is 6.10 Å². The van der Waals surface area contributed by atoms with Gasteiger partial charge in [-0.3, -0.25) is 9.59 Å². The van der Waals surface area contributed by atoms with Crippen LogP contribution in [0.1, 0.15) is 71.3 Å². The van der Waals surface area contributed by atoms with Crippen LogP contribution in [0.2, 0.25) is 0 Å². The van der Waals surface area contributed by atoms with Gasteiger partial charge in [-0.05, 0) is 73.9 Å². The van der Waals surface area contributed by atoms with E-state index in [0.29, 0.717) is 48.7 Å². The smallest absolute Gasteiger partial charge is 0.416 e. The minimum atomic E-state index is -4.39. The number of esters is 1. The molecule has 1 N–H and O–H groups in total. The zero-order valence-electron chi connectivity index (χ0n) is 22.0. The Kier molecular flexibility index (Phi) is 7.91. The quantitative estimate of drug-likeness (QED) is 0.266. The molecule has 0 unspecified atom stereocenters. The molecule has 1 fully saturated rings. The molecule has 4 aromatic rings. The zero-order valence-corrected chi connectivity index (χ0v) is 22.0. The number of alkyl halides is 3. The predicted molar refractivity (Wildman–Crippen MR) is 144 cm³/mol. The maximum atomic E-state index is 13.3. The Hall–Kier alpha value is -4.14. The van der Waals surface area contributed by atoms with Crippen molar-refractivity contribution in [1.29, 1.82) is 0 Å². The van der Waals surface area contributed by atoms with Crippen molar-refractivity contribution < 1.29 is 27.5 Å². The molecule has 9 heteroatoms. The van der Waals surface area contributed by atoms with Gasteiger partial charge in [-0.25, -0.2) is 4.52 Å². The monoisotopic (exact) mass is 549 g/mol. The molecular formula is C31H30F3N3O3. The van der Waals surface area contributed by atoms with Crippen LogP contribution in [0.15, 0.2) is 79.1 Å². The summed E-state index contributed by atoms with van der Waals surface area (Å²) in [6.07, 6.45) is 1.44. The highest BCUT2D eigenvalue weighted by molar-refractivity contribution is 6.01. The summed E-state index contributed by atoms with van der Waals surface area (Å²) in [5.74, 6) is -0.679. The molecule has 0 spiro atoms. The van der Waals surface area contributed by atoms with Crippen LogP contribution in [0.3, 0.4) is 0 Å². The lowest BCUT2D eigenvalue weighted by Crippen LogP contribution is -2.39. The molecule has 0 saturated heterocycles. The van der Waals surface area contributed by atoms with Crippen LogP contribution >= 0.6 is 0 Å². The number of nitrogens with zero attached hydrogens (tertiary/aromatic N) is 2. The second-order valence-corrected chi connectivity index (χ2v) is 10.3. The van der Waals surface area contributed by atoms with E-state index in [2.05, 4.69) is 10.4 Å². The van der Waals surface area contributed by atoms with E-state index in [9.17, 15) is 22.8 Å². The highest BCUT2D eigenvalue weighted by Crippen LogP contribution is 2.31. The van der Waals surface area contributed by atoms with Gasteiger partial charge >= 0.3 is 12.1 Å². The van der Waals surface area contributed by atoms with E-state index >= 15 is 0 Å². The maximum Gasteiger partial charge on any atom is 0.416 e. The summed E-state index contributed by atoms with van der Waals surface area (Å²) < 4.78 is 46.1. The first-order valence-electron chi connectivity index (χ1n) is 13.4. The minimum absolute atomic E-state index is 0.0832. The molecule has 2 heterocycles. The number of nitrogens with one attached hydrogen (secondary N) is 1. The first-order valence-corrected chi connectivity index (χ1v) is 13.4. The highest BCUT2D eigenvalue weighted by Gasteiger charge is 2.31. The summed E-state index contributed by atoms with van der Waals surface area (Å²) in [5.41, 5.74) is 2.74. The maximum absolute atomic E-state index is 13.3. The number of carbonyl (C=O) groups is 2. The Morgan fingerprint density at radius 3 is 2.38 bits per heavy atom. The summed E-state index contributed by atoms with van der Waals surface area (Å²) in [6.45, 7) is 1.86. The number of pyridine rings is 1. The van der Waals surface area contributed by atoms with Gasteiger partial charge in [0.25, 0.3) is 5.91 Å². The van der Waals surface area contributed by atoms with Crippen molar-refractivity contribution >= 4 is 17.4 Å². The number of amides is 1. The minimum Gasteiger partial charge on any atom is -0.458 e. The number of hydrogen-bond donors (Lipinski definition) is 1. The van der Waals surface area contributed by atoms with Crippen LogP contribution < -0.4 is 5.32 Å². The molecule has 1 aliphatic rings. The van der Waals surface area contributed by atoms with E-state index in [1.54, 1.807) is 16.8 Å². The van der Waals surface area contributed by atoms with Gasteiger partial charge in [-0.1, -0.05) is 48.5 Å². The summed E-state index contributed by atoms with van der Waals surface area (Å²) >= 11 is 0. The molecule has 208 valence electrons. The van der Waals surface area contributed by atoms with Gasteiger partial charge in [0.05, 0.1) is 28.8 Å². The van der Waals surface area contributed by atoms with Crippen molar-refractivity contribution in [2.24, 2.45) is 5.92 Å². The van der Waals surface area contributed by atoms with Gasteiger partial charge < -0.3 is 10.1 Å². The van der Waals surface area contributed by atoms with Crippen LogP contribution in [0.5, 0.6) is 0 Å². The molecule has 40 heavy (non-hydrogen) atoms. The van der Waals surface area contributed by atoms with Crippen molar-refractivity contribution in [3.05, 3.63) is 107 Å². The van der Waals surface area contributed by atoms with Crippen LogP contribution in [0.4, 0.5) is 13.2 Å². The van der Waals surface area contributed by atoms with Gasteiger partial charge in [-0.15, -0.1) is 0 Å². The average Bonchev–Trinajstić information content (AvgIpc) is 3.39. The second-order valence-electron chi connectivity index (χ2n) is 10.3. The Bertz CT molecular complexity index is 1470. The Morgan fingerprint density at radius 1 is 1.00 bits per heavy atom. The standard InChI is InChI=1S/C31H30F3N3O3/c1-20(22-6-3-2-4-7-22)40-30(39)23-11-15-26(16-12-23)36-29(38)27-19-35-37-17-5-8-24(28(27)37)18-21-9-13-25(14-10-21)31(32,33)34/h2-10,13-14,17,19-20,23,26H,11-12,15-16,18H2,1H3,(H,36,38)/t20-,23?,26?/m0/s1. The van der Waals surface area contributed by atoms with E-state index in [4.69, 9.17) is 4.74 Å². The molecule has 2 aromatic carbocycles. The molecule has 6 nitrogen and oxygen atoms in total. The fourth-order valence-electron chi connectivity index (χ4n) is 5.25. The lowest BCUT2D eigenvalue weighted by Gasteiger charge is -2.28. The fourth-order valence-corrected chi connectivity index (χ4v) is 5.25. The first kappa shape index (κ1) is 27.4. The molecule has 5 rings (SSSR count). The van der Waals surface area contributed by atoms with Crippen molar-refractivity contribution in [3.8, 4) is 0 Å². The average molecular weight is 550 g/mol. The van der Waals surface area contributed by atoms with Crippen molar-refractivity contribution in [2.75, 3.05) is 0 Å². The lowest BCUT2D eigenvalue weighted by molar-refractivity contribution is -0.154. The number of fused-ring (bicyclic) bond motifs is 1. The summed E-state index contributed by atoms with van der Waals surface area (Å²) in [5, 5.41) is 7.40. The van der Waals surface area contributed by atoms with E-state index in [1.807, 2.05) is 43.3 Å². The van der Waals surface area contributed by atoms with Gasteiger partial charge in [0, 0.05) is 12.2 Å². The third kappa shape index (κ3) is 6.19. The van der Waals surface area contributed by atoms with Crippen LogP contribution in [0, 0.1) is 5.92 Å². The van der Waals surface area contributed by atoms with Crippen molar-refractivity contribution in [2.45, 2.75) is 57.3 Å². The largest absolute Gasteiger partial charge is 0.458 e. The van der Waals surface area contributed by atoms with Gasteiger partial charge in [-0.2, -0.15) is 18.3 Å². The molecule has 0 radical (unpaired) electrons. The third-order valence-electron chi connectivity index (χ3n) is 7.50. The molecule has 1 aliphatic carbocycles. The number of carbonyl (C=O) groups excluding carboxylic acids is 2. The first-order chi connectivity index (χ1) is 19.2. The van der Waals surface area contributed by atoms with Gasteiger partial charge in [0.15, 0.2) is 0 Å². The number of aromatic nitrogens is 2. The number of ether oxygens (including phenoxy) is 1. The fraction of sp³-hybridized carbons (Fsp3) is 0.323. The zero-order chi connectivity index (χ0) is 28.3. The number of hydrogen-bond acceptors (Lipinski definition) is 4. The number of halogens is 3. The molecule has 1 amide bonds. The molecule has 2 aromatic heterocycles. The molecule has 0 aliphatic heterocycles. The Balaban J connectivity index is 1.21. The van der Waals surface area contributed by atoms with Gasteiger partial charge in [0.2, 0.25) is 0 Å². The Morgan fingerprint density at radius 2 is 1.70 bits per heavy atom. The van der Waals surface area contributed by atoms with Crippen LogP contribution in [0.25, 0.3) is 5.52 Å². The highest BCUT2D eigenvalue weighted by atomic mass is 19.4. The van der Waals surface area contributed by atoms with Crippen LogP contribution in [-0.4, -0.2) is 27.5 Å². The van der Waals surface area contributed by atoms with Crippen LogP contribution in [-0.2, 0) is 22.1 Å². The topological polar surface area (TPSA) is 72.7 Å². The van der Waals surface area contributed by atoms with E-state index in [1.165, 1.54) is 18.3 Å². The Labute approximate surface area is 230 Å². The van der Waals surface area contributed by atoms with Crippen molar-refractivity contribution in [3.63, 3.8) is 0 Å². The summed E-state index contributed by atoms with van der Waals surface area (Å²) in [6, 6.07) is 18.2. The normalized spacial score (nSPS) is 18.3. The summed E-state index contributed by atoms with van der Waals surface area (Å²) in [7, 11) is 0. The van der Waals surface area contributed by atoms with Crippen molar-refractivity contribution in [1.82, 2.24) is 14.9 Å². The SMILES string of the molecule is C[C@H](OC(=O)C1CCC(NC(=O)c2cnn3cccc(Cc4ccc(C(F)(F)F)cc4)c23)CC1)c1ccccc1. The molecular weight excluding hydrogens is 519 g/mol. The third-order valence-corrected chi connectivity index (χ3v) is 7.50. The van der Waals surface area contributed by atoms with E-state index in [0.717, 1.165) is 23.3 Å². The molecule has 0 bridgehead atoms. The second kappa shape index (κ2) is 11.5. The van der Waals surface area contributed by atoms with E-state index in [-0.39, 0.29) is 29.9 Å². The lowest BCUT2D eigenvalue weighted by atomic mass is 9.86. The number of benzene rings is 2. The number of rotatable bonds is 7. The summed E-state index contributed by atoms with van der Waals surface area (Å²) in [4.78, 5) is 26.0. The molecule has 1 saturated carbocycles.